The first-order chi connectivity index (χ1) is 8.91. The van der Waals surface area contributed by atoms with Crippen LogP contribution in [0, 0.1) is 5.82 Å². The molecule has 3 amide bonds. The molecule has 1 unspecified atom stereocenters. The second kappa shape index (κ2) is 5.08. The standard InChI is InChI=1S/C12H10BrFN2O3/c1-16-9(17)5-8(12(16)19)15-11(18)10-6(13)3-2-4-7(10)14/h2-4,8H,5H2,1H3,(H,15,18). The summed E-state index contributed by atoms with van der Waals surface area (Å²) < 4.78 is 13.9. The molecule has 100 valence electrons. The molecule has 7 heteroatoms. The van der Waals surface area contributed by atoms with Crippen LogP contribution in [0.5, 0.6) is 0 Å². The molecule has 19 heavy (non-hydrogen) atoms. The number of likely N-dealkylation sites (tertiary alicyclic amines) is 1. The highest BCUT2D eigenvalue weighted by atomic mass is 79.9. The second-order valence-electron chi connectivity index (χ2n) is 4.12. The number of likely N-dealkylation sites (N-methyl/N-ethyl adjacent to an activating group) is 1. The molecule has 2 rings (SSSR count). The van der Waals surface area contributed by atoms with E-state index in [1.54, 1.807) is 0 Å². The summed E-state index contributed by atoms with van der Waals surface area (Å²) in [5.41, 5.74) is -0.183. The van der Waals surface area contributed by atoms with Gasteiger partial charge in [0.1, 0.15) is 11.9 Å². The Morgan fingerprint density at radius 1 is 1.47 bits per heavy atom. The average Bonchev–Trinajstić information content (AvgIpc) is 2.57. The van der Waals surface area contributed by atoms with Crippen molar-refractivity contribution in [3.63, 3.8) is 0 Å². The molecule has 1 heterocycles. The molecule has 1 aliphatic heterocycles. The summed E-state index contributed by atoms with van der Waals surface area (Å²) >= 11 is 3.07. The van der Waals surface area contributed by atoms with Crippen molar-refractivity contribution in [1.82, 2.24) is 10.2 Å². The van der Waals surface area contributed by atoms with Crippen molar-refractivity contribution in [3.8, 4) is 0 Å². The number of amides is 3. The van der Waals surface area contributed by atoms with Gasteiger partial charge in [-0.1, -0.05) is 6.07 Å². The Bertz CT molecular complexity index is 556. The zero-order valence-electron chi connectivity index (χ0n) is 9.94. The van der Waals surface area contributed by atoms with Gasteiger partial charge in [-0.05, 0) is 28.1 Å². The van der Waals surface area contributed by atoms with Crippen LogP contribution < -0.4 is 5.32 Å². The lowest BCUT2D eigenvalue weighted by Crippen LogP contribution is -2.41. The molecule has 5 nitrogen and oxygen atoms in total. The zero-order valence-corrected chi connectivity index (χ0v) is 11.5. The Balaban J connectivity index is 2.19. The number of carbonyl (C=O) groups excluding carboxylic acids is 3. The van der Waals surface area contributed by atoms with Gasteiger partial charge in [-0.15, -0.1) is 0 Å². The first kappa shape index (κ1) is 13.7. The number of nitrogens with one attached hydrogen (secondary N) is 1. The van der Waals surface area contributed by atoms with E-state index in [1.165, 1.54) is 19.2 Å². The summed E-state index contributed by atoms with van der Waals surface area (Å²) in [4.78, 5) is 35.8. The highest BCUT2D eigenvalue weighted by Crippen LogP contribution is 2.20. The minimum absolute atomic E-state index is 0.104. The third-order valence-electron chi connectivity index (χ3n) is 2.88. The van der Waals surface area contributed by atoms with E-state index in [0.29, 0.717) is 0 Å². The number of hydrogen-bond acceptors (Lipinski definition) is 3. The van der Waals surface area contributed by atoms with Crippen LogP contribution >= 0.6 is 15.9 Å². The molecule has 0 aliphatic carbocycles. The Hall–Kier alpha value is -1.76. The predicted molar refractivity (Wildman–Crippen MR) is 67.7 cm³/mol. The van der Waals surface area contributed by atoms with Crippen molar-refractivity contribution in [1.29, 1.82) is 0 Å². The van der Waals surface area contributed by atoms with Gasteiger partial charge in [0.2, 0.25) is 5.91 Å². The number of imide groups is 1. The SMILES string of the molecule is CN1C(=O)CC(NC(=O)c2c(F)cccc2Br)C1=O. The van der Waals surface area contributed by atoms with Crippen LogP contribution in [0.1, 0.15) is 16.8 Å². The Morgan fingerprint density at radius 3 is 2.68 bits per heavy atom. The molecule has 0 saturated carbocycles. The Labute approximate surface area is 116 Å². The van der Waals surface area contributed by atoms with Crippen molar-refractivity contribution in [2.45, 2.75) is 12.5 Å². The minimum Gasteiger partial charge on any atom is -0.340 e. The molecule has 0 bridgehead atoms. The van der Waals surface area contributed by atoms with Gasteiger partial charge in [0.15, 0.2) is 0 Å². The Morgan fingerprint density at radius 2 is 2.16 bits per heavy atom. The van der Waals surface area contributed by atoms with Gasteiger partial charge in [-0.25, -0.2) is 4.39 Å². The largest absolute Gasteiger partial charge is 0.340 e. The molecule has 1 saturated heterocycles. The highest BCUT2D eigenvalue weighted by Gasteiger charge is 2.37. The van der Waals surface area contributed by atoms with Crippen LogP contribution in [0.3, 0.4) is 0 Å². The fraction of sp³-hybridized carbons (Fsp3) is 0.250. The molecule has 1 fully saturated rings. The lowest BCUT2D eigenvalue weighted by atomic mass is 10.1. The number of carbonyl (C=O) groups is 3. The Kier molecular flexibility index (Phi) is 3.66. The molecule has 1 aliphatic rings. The summed E-state index contributed by atoms with van der Waals surface area (Å²) in [6, 6.07) is 3.18. The summed E-state index contributed by atoms with van der Waals surface area (Å²) in [5, 5.41) is 2.37. The topological polar surface area (TPSA) is 66.5 Å². The van der Waals surface area contributed by atoms with Crippen LogP contribution in [0.4, 0.5) is 4.39 Å². The molecule has 1 N–H and O–H groups in total. The molecule has 1 aromatic carbocycles. The summed E-state index contributed by atoms with van der Waals surface area (Å²) in [6.07, 6.45) is -0.104. The van der Waals surface area contributed by atoms with Gasteiger partial charge in [-0.3, -0.25) is 19.3 Å². The van der Waals surface area contributed by atoms with E-state index in [9.17, 15) is 18.8 Å². The van der Waals surface area contributed by atoms with E-state index in [2.05, 4.69) is 21.2 Å². The fourth-order valence-electron chi connectivity index (χ4n) is 1.81. The summed E-state index contributed by atoms with van der Waals surface area (Å²) in [7, 11) is 1.34. The minimum atomic E-state index is -0.934. The molecule has 1 atom stereocenters. The third-order valence-corrected chi connectivity index (χ3v) is 3.54. The smallest absolute Gasteiger partial charge is 0.256 e. The first-order valence-electron chi connectivity index (χ1n) is 5.47. The van der Waals surface area contributed by atoms with Crippen molar-refractivity contribution < 1.29 is 18.8 Å². The van der Waals surface area contributed by atoms with Crippen molar-refractivity contribution in [3.05, 3.63) is 34.1 Å². The van der Waals surface area contributed by atoms with E-state index in [-0.39, 0.29) is 22.4 Å². The second-order valence-corrected chi connectivity index (χ2v) is 4.97. The quantitative estimate of drug-likeness (QED) is 0.826. The van der Waals surface area contributed by atoms with Gasteiger partial charge >= 0.3 is 0 Å². The molecular weight excluding hydrogens is 319 g/mol. The van der Waals surface area contributed by atoms with Crippen molar-refractivity contribution in [2.24, 2.45) is 0 Å². The summed E-state index contributed by atoms with van der Waals surface area (Å²) in [6.45, 7) is 0. The van der Waals surface area contributed by atoms with Crippen LogP contribution in [0.15, 0.2) is 22.7 Å². The van der Waals surface area contributed by atoms with Crippen molar-refractivity contribution >= 4 is 33.7 Å². The predicted octanol–water partition coefficient (Wildman–Crippen LogP) is 1.08. The zero-order chi connectivity index (χ0) is 14.2. The number of nitrogens with zero attached hydrogens (tertiary/aromatic N) is 1. The van der Waals surface area contributed by atoms with Crippen LogP contribution in [-0.2, 0) is 9.59 Å². The molecule has 0 spiro atoms. The number of benzene rings is 1. The molecular formula is C12H10BrFN2O3. The van der Waals surface area contributed by atoms with Gasteiger partial charge in [0, 0.05) is 11.5 Å². The monoisotopic (exact) mass is 328 g/mol. The van der Waals surface area contributed by atoms with Gasteiger partial charge < -0.3 is 5.32 Å². The van der Waals surface area contributed by atoms with Crippen LogP contribution in [0.2, 0.25) is 0 Å². The lowest BCUT2D eigenvalue weighted by Gasteiger charge is -2.12. The summed E-state index contributed by atoms with van der Waals surface area (Å²) in [5.74, 6) is -2.29. The maximum Gasteiger partial charge on any atom is 0.256 e. The van der Waals surface area contributed by atoms with E-state index >= 15 is 0 Å². The van der Waals surface area contributed by atoms with E-state index in [0.717, 1.165) is 11.0 Å². The third kappa shape index (κ3) is 2.51. The molecule has 0 radical (unpaired) electrons. The maximum atomic E-state index is 13.6. The van der Waals surface area contributed by atoms with Gasteiger partial charge in [0.25, 0.3) is 11.8 Å². The normalized spacial score (nSPS) is 18.9. The fourth-order valence-corrected chi connectivity index (χ4v) is 2.34. The van der Waals surface area contributed by atoms with Gasteiger partial charge in [-0.2, -0.15) is 0 Å². The molecule has 1 aromatic rings. The average molecular weight is 329 g/mol. The van der Waals surface area contributed by atoms with E-state index in [4.69, 9.17) is 0 Å². The van der Waals surface area contributed by atoms with Crippen LogP contribution in [-0.4, -0.2) is 35.7 Å². The number of halogens is 2. The van der Waals surface area contributed by atoms with Gasteiger partial charge in [0.05, 0.1) is 12.0 Å². The maximum absolute atomic E-state index is 13.6. The highest BCUT2D eigenvalue weighted by molar-refractivity contribution is 9.10. The van der Waals surface area contributed by atoms with E-state index < -0.39 is 23.7 Å². The first-order valence-corrected chi connectivity index (χ1v) is 6.26. The number of rotatable bonds is 2. The number of hydrogen-bond donors (Lipinski definition) is 1. The van der Waals surface area contributed by atoms with E-state index in [1.807, 2.05) is 0 Å². The molecule has 0 aromatic heterocycles. The van der Waals surface area contributed by atoms with Crippen molar-refractivity contribution in [2.75, 3.05) is 7.05 Å². The van der Waals surface area contributed by atoms with Crippen LogP contribution in [0.25, 0.3) is 0 Å². The lowest BCUT2D eigenvalue weighted by molar-refractivity contribution is -0.137.